The summed E-state index contributed by atoms with van der Waals surface area (Å²) in [5.74, 6) is 0.0235. The molecule has 0 heterocycles. The van der Waals surface area contributed by atoms with Crippen LogP contribution in [0.25, 0.3) is 11.1 Å². The highest BCUT2D eigenvalue weighted by molar-refractivity contribution is 5.95. The average Bonchev–Trinajstić information content (AvgIpc) is 2.65. The number of halogens is 2. The van der Waals surface area contributed by atoms with E-state index in [-0.39, 0.29) is 24.0 Å². The minimum absolute atomic E-state index is 0. The van der Waals surface area contributed by atoms with Gasteiger partial charge in [-0.3, -0.25) is 4.79 Å². The molecule has 3 nitrogen and oxygen atoms in total. The maximum absolute atomic E-state index is 15.3. The Balaban J connectivity index is 0.00000261. The normalized spacial score (nSPS) is 10.2. The summed E-state index contributed by atoms with van der Waals surface area (Å²) in [7, 11) is 1.51. The van der Waals surface area contributed by atoms with Crippen LogP contribution in [0, 0.1) is 5.82 Å². The zero-order valence-electron chi connectivity index (χ0n) is 15.2. The van der Waals surface area contributed by atoms with Crippen molar-refractivity contribution in [2.75, 3.05) is 12.8 Å². The van der Waals surface area contributed by atoms with Gasteiger partial charge in [0.1, 0.15) is 11.6 Å². The number of benzene rings is 3. The molecular formula is C22H21ClFNO2. The number of nitrogen functional groups attached to an aromatic ring is 1. The highest BCUT2D eigenvalue weighted by atomic mass is 35.5. The maximum Gasteiger partial charge on any atom is 0.159 e. The van der Waals surface area contributed by atoms with Crippen LogP contribution in [0.5, 0.6) is 5.75 Å². The lowest BCUT2D eigenvalue weighted by Gasteiger charge is -2.14. The molecule has 0 spiro atoms. The minimum Gasteiger partial charge on any atom is -0.496 e. The zero-order valence-corrected chi connectivity index (χ0v) is 16.0. The Morgan fingerprint density at radius 1 is 1.07 bits per heavy atom. The van der Waals surface area contributed by atoms with E-state index < -0.39 is 0 Å². The van der Waals surface area contributed by atoms with Crippen LogP contribution in [-0.4, -0.2) is 12.9 Å². The van der Waals surface area contributed by atoms with E-state index in [1.54, 1.807) is 48.5 Å². The average molecular weight is 386 g/mol. The number of Topliss-reactive ketones (excluding diaryl/α,β-unsaturated/α-hetero) is 1. The molecule has 0 unspecified atom stereocenters. The number of carbonyl (C=O) groups is 1. The van der Waals surface area contributed by atoms with Crippen LogP contribution in [0.1, 0.15) is 28.4 Å². The quantitative estimate of drug-likeness (QED) is 0.479. The molecule has 0 aliphatic rings. The number of ketones is 1. The third-order valence-corrected chi connectivity index (χ3v) is 4.34. The predicted molar refractivity (Wildman–Crippen MR) is 109 cm³/mol. The van der Waals surface area contributed by atoms with Crippen molar-refractivity contribution in [3.05, 3.63) is 83.2 Å². The summed E-state index contributed by atoms with van der Waals surface area (Å²) in [6.45, 7) is 1.49. The van der Waals surface area contributed by atoms with E-state index in [9.17, 15) is 4.79 Å². The van der Waals surface area contributed by atoms with Gasteiger partial charge >= 0.3 is 0 Å². The van der Waals surface area contributed by atoms with Gasteiger partial charge < -0.3 is 10.5 Å². The van der Waals surface area contributed by atoms with Crippen molar-refractivity contribution in [3.8, 4) is 16.9 Å². The summed E-state index contributed by atoms with van der Waals surface area (Å²) >= 11 is 0. The van der Waals surface area contributed by atoms with Crippen LogP contribution in [0.4, 0.5) is 10.1 Å². The highest BCUT2D eigenvalue weighted by Gasteiger charge is 2.17. The third-order valence-electron chi connectivity index (χ3n) is 4.34. The van der Waals surface area contributed by atoms with Gasteiger partial charge in [-0.1, -0.05) is 36.4 Å². The van der Waals surface area contributed by atoms with Crippen molar-refractivity contribution < 1.29 is 13.9 Å². The molecule has 3 aromatic carbocycles. The summed E-state index contributed by atoms with van der Waals surface area (Å²) in [4.78, 5) is 11.7. The molecule has 27 heavy (non-hydrogen) atoms. The molecule has 0 bridgehead atoms. The maximum atomic E-state index is 15.3. The first-order valence-corrected chi connectivity index (χ1v) is 8.30. The van der Waals surface area contributed by atoms with Crippen molar-refractivity contribution in [1.82, 2.24) is 0 Å². The number of rotatable bonds is 5. The Hall–Kier alpha value is -2.85. The summed E-state index contributed by atoms with van der Waals surface area (Å²) < 4.78 is 20.7. The van der Waals surface area contributed by atoms with Crippen LogP contribution < -0.4 is 10.5 Å². The SMILES string of the molecule is COc1ccc(Cc2ccc(N)cc2)c(F)c1-c1cccc(C(C)=O)c1.Cl. The van der Waals surface area contributed by atoms with E-state index in [1.807, 2.05) is 12.1 Å². The summed E-state index contributed by atoms with van der Waals surface area (Å²) in [6, 6.07) is 17.8. The first kappa shape index (κ1) is 20.5. The molecular weight excluding hydrogens is 365 g/mol. The first-order chi connectivity index (χ1) is 12.5. The van der Waals surface area contributed by atoms with Crippen molar-refractivity contribution in [3.63, 3.8) is 0 Å². The number of ether oxygens (including phenoxy) is 1. The number of methoxy groups -OCH3 is 1. The molecule has 0 saturated heterocycles. The number of carbonyl (C=O) groups excluding carboxylic acids is 1. The summed E-state index contributed by atoms with van der Waals surface area (Å²) in [5.41, 5.74) is 9.42. The Bertz CT molecular complexity index is 955. The van der Waals surface area contributed by atoms with Crippen molar-refractivity contribution >= 4 is 23.9 Å². The fraction of sp³-hybridized carbons (Fsp3) is 0.136. The number of anilines is 1. The topological polar surface area (TPSA) is 52.3 Å². The van der Waals surface area contributed by atoms with E-state index in [1.165, 1.54) is 14.0 Å². The summed E-state index contributed by atoms with van der Waals surface area (Å²) in [5, 5.41) is 0. The van der Waals surface area contributed by atoms with Crippen LogP contribution in [0.2, 0.25) is 0 Å². The van der Waals surface area contributed by atoms with Gasteiger partial charge in [-0.25, -0.2) is 4.39 Å². The van der Waals surface area contributed by atoms with Crippen LogP contribution >= 0.6 is 12.4 Å². The lowest BCUT2D eigenvalue weighted by Crippen LogP contribution is -2.00. The van der Waals surface area contributed by atoms with Gasteiger partial charge in [-0.05, 0) is 47.9 Å². The molecule has 0 aliphatic heterocycles. The Morgan fingerprint density at radius 2 is 1.78 bits per heavy atom. The Labute approximate surface area is 164 Å². The van der Waals surface area contributed by atoms with Crippen molar-refractivity contribution in [2.24, 2.45) is 0 Å². The molecule has 0 saturated carbocycles. The van der Waals surface area contributed by atoms with E-state index in [0.29, 0.717) is 40.1 Å². The van der Waals surface area contributed by atoms with E-state index in [2.05, 4.69) is 0 Å². The zero-order chi connectivity index (χ0) is 18.7. The molecule has 140 valence electrons. The molecule has 0 aliphatic carbocycles. The van der Waals surface area contributed by atoms with E-state index >= 15 is 4.39 Å². The molecule has 0 amide bonds. The minimum atomic E-state index is -0.345. The fourth-order valence-electron chi connectivity index (χ4n) is 2.93. The first-order valence-electron chi connectivity index (χ1n) is 8.30. The fourth-order valence-corrected chi connectivity index (χ4v) is 2.93. The number of nitrogens with two attached hydrogens (primary N) is 1. The standard InChI is InChI=1S/C22H20FNO2.ClH/c1-14(25)16-4-3-5-17(13-16)21-20(26-2)11-8-18(22(21)23)12-15-6-9-19(24)10-7-15;/h3-11,13H,12,24H2,1-2H3;1H. The van der Waals surface area contributed by atoms with Crippen LogP contribution in [0.3, 0.4) is 0 Å². The Morgan fingerprint density at radius 3 is 2.41 bits per heavy atom. The van der Waals surface area contributed by atoms with Crippen LogP contribution in [0.15, 0.2) is 60.7 Å². The second kappa shape index (κ2) is 8.69. The van der Waals surface area contributed by atoms with Gasteiger partial charge in [0.2, 0.25) is 0 Å². The van der Waals surface area contributed by atoms with Gasteiger partial charge in [0.15, 0.2) is 5.78 Å². The van der Waals surface area contributed by atoms with Gasteiger partial charge in [-0.15, -0.1) is 12.4 Å². The van der Waals surface area contributed by atoms with Gasteiger partial charge in [0, 0.05) is 17.7 Å². The third kappa shape index (κ3) is 4.47. The van der Waals surface area contributed by atoms with E-state index in [4.69, 9.17) is 10.5 Å². The smallest absolute Gasteiger partial charge is 0.159 e. The summed E-state index contributed by atoms with van der Waals surface area (Å²) in [6.07, 6.45) is 0.440. The Kier molecular flexibility index (Phi) is 6.59. The van der Waals surface area contributed by atoms with Gasteiger partial charge in [0.05, 0.1) is 12.7 Å². The molecule has 0 atom stereocenters. The second-order valence-corrected chi connectivity index (χ2v) is 6.17. The van der Waals surface area contributed by atoms with Crippen molar-refractivity contribution in [2.45, 2.75) is 13.3 Å². The molecule has 3 rings (SSSR count). The second-order valence-electron chi connectivity index (χ2n) is 6.17. The van der Waals surface area contributed by atoms with Crippen molar-refractivity contribution in [1.29, 1.82) is 0 Å². The van der Waals surface area contributed by atoms with Gasteiger partial charge in [0.25, 0.3) is 0 Å². The predicted octanol–water partition coefficient (Wildman–Crippen LogP) is 5.30. The largest absolute Gasteiger partial charge is 0.496 e. The number of hydrogen-bond acceptors (Lipinski definition) is 3. The molecule has 3 aromatic rings. The molecule has 2 N–H and O–H groups in total. The lowest BCUT2D eigenvalue weighted by molar-refractivity contribution is 0.101. The molecule has 0 aromatic heterocycles. The highest BCUT2D eigenvalue weighted by Crippen LogP contribution is 2.35. The molecule has 5 heteroatoms. The molecule has 0 fully saturated rings. The lowest BCUT2D eigenvalue weighted by atomic mass is 9.95. The molecule has 0 radical (unpaired) electrons. The number of hydrogen-bond donors (Lipinski definition) is 1. The van der Waals surface area contributed by atoms with E-state index in [0.717, 1.165) is 5.56 Å². The van der Waals surface area contributed by atoms with Gasteiger partial charge in [-0.2, -0.15) is 0 Å². The monoisotopic (exact) mass is 385 g/mol. The van der Waals surface area contributed by atoms with Crippen LogP contribution in [-0.2, 0) is 6.42 Å².